The average molecular weight is 418 g/mol. The van der Waals surface area contributed by atoms with E-state index in [-0.39, 0.29) is 30.0 Å². The minimum absolute atomic E-state index is 0.0396. The van der Waals surface area contributed by atoms with Crippen LogP contribution in [-0.4, -0.2) is 53.7 Å². The van der Waals surface area contributed by atoms with Crippen LogP contribution in [-0.2, 0) is 4.74 Å². The summed E-state index contributed by atoms with van der Waals surface area (Å²) in [6.07, 6.45) is -5.33. The number of hydrogen-bond donors (Lipinski definition) is 1. The fraction of sp³-hybridized carbons (Fsp3) is 0.300. The number of carbonyl (C=O) groups is 2. The number of benzene rings is 1. The Bertz CT molecular complexity index is 1000. The number of nitrogens with zero attached hydrogens (tertiary/aromatic N) is 3. The van der Waals surface area contributed by atoms with Gasteiger partial charge in [-0.25, -0.2) is 4.98 Å². The van der Waals surface area contributed by atoms with Crippen LogP contribution >= 0.6 is 0 Å². The van der Waals surface area contributed by atoms with Crippen molar-refractivity contribution in [3.63, 3.8) is 0 Å². The number of morpholine rings is 1. The molecule has 1 aliphatic rings. The van der Waals surface area contributed by atoms with E-state index in [1.54, 1.807) is 13.0 Å². The Hall–Kier alpha value is -3.45. The Morgan fingerprint density at radius 1 is 1.27 bits per heavy atom. The number of amides is 2. The number of carbonyl (C=O) groups excluding carboxylic acids is 2. The largest absolute Gasteiger partial charge is 0.416 e. The van der Waals surface area contributed by atoms with Gasteiger partial charge in [-0.2, -0.15) is 18.4 Å². The molecule has 0 aliphatic carbocycles. The molecule has 2 heterocycles. The van der Waals surface area contributed by atoms with Gasteiger partial charge in [0.25, 0.3) is 11.8 Å². The first-order valence-corrected chi connectivity index (χ1v) is 8.95. The molecule has 30 heavy (non-hydrogen) atoms. The minimum Gasteiger partial charge on any atom is -0.365 e. The van der Waals surface area contributed by atoms with Crippen molar-refractivity contribution in [1.82, 2.24) is 9.88 Å². The van der Waals surface area contributed by atoms with Crippen LogP contribution in [0.15, 0.2) is 36.5 Å². The number of nitriles is 1. The first-order chi connectivity index (χ1) is 14.2. The maximum absolute atomic E-state index is 12.9. The highest BCUT2D eigenvalue weighted by atomic mass is 19.4. The summed E-state index contributed by atoms with van der Waals surface area (Å²) in [7, 11) is 0. The smallest absolute Gasteiger partial charge is 0.365 e. The van der Waals surface area contributed by atoms with Crippen LogP contribution in [0.5, 0.6) is 0 Å². The van der Waals surface area contributed by atoms with Gasteiger partial charge in [0.1, 0.15) is 11.8 Å². The first-order valence-electron chi connectivity index (χ1n) is 8.95. The molecule has 1 aliphatic heterocycles. The molecule has 1 unspecified atom stereocenters. The lowest BCUT2D eigenvalue weighted by Gasteiger charge is -2.34. The van der Waals surface area contributed by atoms with Gasteiger partial charge in [-0.05, 0) is 36.8 Å². The fourth-order valence-electron chi connectivity index (χ4n) is 2.89. The second-order valence-electron chi connectivity index (χ2n) is 6.68. The van der Waals surface area contributed by atoms with E-state index in [1.165, 1.54) is 30.5 Å². The molecule has 7 nitrogen and oxygen atoms in total. The van der Waals surface area contributed by atoms with Crippen molar-refractivity contribution >= 4 is 17.5 Å². The molecule has 0 bridgehead atoms. The summed E-state index contributed by atoms with van der Waals surface area (Å²) in [6.45, 7) is 0.957. The van der Waals surface area contributed by atoms with Crippen LogP contribution in [0.25, 0.3) is 0 Å². The van der Waals surface area contributed by atoms with Crippen molar-refractivity contribution in [2.45, 2.75) is 19.2 Å². The molecule has 2 aromatic rings. The number of alkyl halides is 3. The number of halogens is 3. The number of pyridine rings is 1. The van der Waals surface area contributed by atoms with Gasteiger partial charge in [0.15, 0.2) is 6.10 Å². The van der Waals surface area contributed by atoms with Crippen LogP contribution in [0, 0.1) is 18.3 Å². The number of aryl methyl sites for hydroxylation is 1. The second kappa shape index (κ2) is 8.51. The Morgan fingerprint density at radius 2 is 2.00 bits per heavy atom. The van der Waals surface area contributed by atoms with Gasteiger partial charge >= 0.3 is 6.18 Å². The quantitative estimate of drug-likeness (QED) is 0.827. The van der Waals surface area contributed by atoms with E-state index in [2.05, 4.69) is 10.3 Å². The van der Waals surface area contributed by atoms with Gasteiger partial charge in [-0.3, -0.25) is 9.59 Å². The van der Waals surface area contributed by atoms with E-state index in [0.29, 0.717) is 11.3 Å². The van der Waals surface area contributed by atoms with E-state index >= 15 is 0 Å². The van der Waals surface area contributed by atoms with Gasteiger partial charge in [-0.15, -0.1) is 0 Å². The average Bonchev–Trinajstić information content (AvgIpc) is 2.74. The monoisotopic (exact) mass is 418 g/mol. The van der Waals surface area contributed by atoms with Gasteiger partial charge in [0.05, 0.1) is 18.7 Å². The van der Waals surface area contributed by atoms with Crippen molar-refractivity contribution in [3.05, 3.63) is 58.9 Å². The number of ether oxygens (including phenoxy) is 1. The van der Waals surface area contributed by atoms with Crippen LogP contribution in [0.4, 0.5) is 18.9 Å². The van der Waals surface area contributed by atoms with E-state index < -0.39 is 30.6 Å². The summed E-state index contributed by atoms with van der Waals surface area (Å²) in [6, 6.07) is 9.21. The molecule has 0 radical (unpaired) electrons. The third-order valence-electron chi connectivity index (χ3n) is 4.59. The lowest BCUT2D eigenvalue weighted by molar-refractivity contribution is -0.233. The molecule has 156 valence electrons. The molecule has 2 amide bonds. The van der Waals surface area contributed by atoms with E-state index in [1.807, 2.05) is 6.07 Å². The number of hydrogen-bond acceptors (Lipinski definition) is 5. The SMILES string of the molecule is Cc1ccc(C(=O)N2CCOC(C(F)(F)F)C2)cc1NC(=O)c1ccc(C#N)nc1. The van der Waals surface area contributed by atoms with Crippen molar-refractivity contribution < 1.29 is 27.5 Å². The topological polar surface area (TPSA) is 95.3 Å². The van der Waals surface area contributed by atoms with Gasteiger partial charge in [-0.1, -0.05) is 6.07 Å². The molecular formula is C20H17F3N4O3. The fourth-order valence-corrected chi connectivity index (χ4v) is 2.89. The highest BCUT2D eigenvalue weighted by Gasteiger charge is 2.44. The molecule has 3 rings (SSSR count). The normalized spacial score (nSPS) is 16.6. The number of anilines is 1. The van der Waals surface area contributed by atoms with E-state index in [9.17, 15) is 22.8 Å². The minimum atomic E-state index is -4.56. The van der Waals surface area contributed by atoms with Crippen molar-refractivity contribution in [3.8, 4) is 6.07 Å². The van der Waals surface area contributed by atoms with Crippen LogP contribution in [0.3, 0.4) is 0 Å². The molecular weight excluding hydrogens is 401 g/mol. The molecule has 1 atom stereocenters. The molecule has 1 aromatic heterocycles. The molecule has 1 N–H and O–H groups in total. The third-order valence-corrected chi connectivity index (χ3v) is 4.59. The number of rotatable bonds is 3. The lowest BCUT2D eigenvalue weighted by atomic mass is 10.1. The third kappa shape index (κ3) is 4.75. The Morgan fingerprint density at radius 3 is 2.63 bits per heavy atom. The van der Waals surface area contributed by atoms with Crippen molar-refractivity contribution in [2.24, 2.45) is 0 Å². The van der Waals surface area contributed by atoms with Crippen molar-refractivity contribution in [2.75, 3.05) is 25.0 Å². The summed E-state index contributed by atoms with van der Waals surface area (Å²) in [4.78, 5) is 30.1. The van der Waals surface area contributed by atoms with Crippen LogP contribution in [0.1, 0.15) is 32.0 Å². The first kappa shape index (κ1) is 21.3. The predicted molar refractivity (Wildman–Crippen MR) is 99.8 cm³/mol. The van der Waals surface area contributed by atoms with Crippen LogP contribution in [0.2, 0.25) is 0 Å². The van der Waals surface area contributed by atoms with Gasteiger partial charge in [0, 0.05) is 24.0 Å². The maximum Gasteiger partial charge on any atom is 0.416 e. The molecule has 1 fully saturated rings. The highest BCUT2D eigenvalue weighted by Crippen LogP contribution is 2.27. The molecule has 10 heteroatoms. The van der Waals surface area contributed by atoms with Crippen molar-refractivity contribution in [1.29, 1.82) is 5.26 Å². The zero-order valence-corrected chi connectivity index (χ0v) is 15.9. The summed E-state index contributed by atoms with van der Waals surface area (Å²) in [5.74, 6) is -1.08. The zero-order valence-electron chi connectivity index (χ0n) is 15.9. The Kier molecular flexibility index (Phi) is 6.03. The van der Waals surface area contributed by atoms with Gasteiger partial charge in [0.2, 0.25) is 0 Å². The highest BCUT2D eigenvalue weighted by molar-refractivity contribution is 6.05. The zero-order chi connectivity index (χ0) is 21.9. The maximum atomic E-state index is 12.9. The second-order valence-corrected chi connectivity index (χ2v) is 6.68. The van der Waals surface area contributed by atoms with E-state index in [4.69, 9.17) is 10.00 Å². The van der Waals surface area contributed by atoms with Crippen LogP contribution < -0.4 is 5.32 Å². The molecule has 1 aromatic carbocycles. The summed E-state index contributed by atoms with van der Waals surface area (Å²) >= 11 is 0. The standard InChI is InChI=1S/C20H17F3N4O3/c1-12-2-3-13(19(29)27-6-7-30-17(11-27)20(21,22)23)8-16(12)26-18(28)14-4-5-15(9-24)25-10-14/h2-5,8,10,17H,6-7,11H2,1H3,(H,26,28). The number of aromatic nitrogens is 1. The summed E-state index contributed by atoms with van der Waals surface area (Å²) in [5.41, 5.74) is 1.54. The van der Waals surface area contributed by atoms with Gasteiger partial charge < -0.3 is 15.0 Å². The Labute approximate surface area is 170 Å². The summed E-state index contributed by atoms with van der Waals surface area (Å²) in [5, 5.41) is 11.4. The molecule has 0 saturated carbocycles. The summed E-state index contributed by atoms with van der Waals surface area (Å²) < 4.78 is 43.5. The molecule has 0 spiro atoms. The Balaban J connectivity index is 1.76. The lowest BCUT2D eigenvalue weighted by Crippen LogP contribution is -2.51. The predicted octanol–water partition coefficient (Wildman–Crippen LogP) is 2.92. The van der Waals surface area contributed by atoms with E-state index in [0.717, 1.165) is 4.90 Å². The molecule has 1 saturated heterocycles. The number of nitrogens with one attached hydrogen (secondary N) is 1.